The van der Waals surface area contributed by atoms with E-state index in [0.29, 0.717) is 24.1 Å². The van der Waals surface area contributed by atoms with E-state index in [2.05, 4.69) is 39.6 Å². The summed E-state index contributed by atoms with van der Waals surface area (Å²) >= 11 is 0. The smallest absolute Gasteiger partial charge is 0.376 e. The van der Waals surface area contributed by atoms with Crippen LogP contribution < -0.4 is 0 Å². The summed E-state index contributed by atoms with van der Waals surface area (Å²) in [5, 5.41) is 0. The van der Waals surface area contributed by atoms with Gasteiger partial charge in [0.05, 0.1) is 12.3 Å². The van der Waals surface area contributed by atoms with Crippen molar-refractivity contribution in [1.29, 1.82) is 0 Å². The number of nitrogens with zero attached hydrogens (tertiary/aromatic N) is 1. The molecule has 0 aliphatic carbocycles. The molecule has 1 aromatic rings. The van der Waals surface area contributed by atoms with Crippen LogP contribution in [0.4, 0.5) is 0 Å². The fourth-order valence-corrected chi connectivity index (χ4v) is 1.67. The highest BCUT2D eigenvalue weighted by Gasteiger charge is 2.29. The van der Waals surface area contributed by atoms with Gasteiger partial charge >= 0.3 is 5.97 Å². The largest absolute Gasteiger partial charge is 0.460 e. The van der Waals surface area contributed by atoms with Crippen molar-refractivity contribution in [3.63, 3.8) is 0 Å². The van der Waals surface area contributed by atoms with Gasteiger partial charge in [-0.25, -0.2) is 9.78 Å². The number of carbonyl (C=O) groups is 1. The highest BCUT2D eigenvalue weighted by Crippen LogP contribution is 2.29. The zero-order chi connectivity index (χ0) is 14.6. The van der Waals surface area contributed by atoms with Crippen molar-refractivity contribution in [1.82, 2.24) is 4.98 Å². The first-order valence-corrected chi connectivity index (χ1v) is 6.99. The van der Waals surface area contributed by atoms with Crippen molar-refractivity contribution in [3.8, 4) is 0 Å². The molecule has 0 radical (unpaired) electrons. The Bertz CT molecular complexity index is 433. The molecule has 1 rings (SSSR count). The first-order valence-electron chi connectivity index (χ1n) is 6.99. The van der Waals surface area contributed by atoms with Gasteiger partial charge in [-0.15, -0.1) is 0 Å². The highest BCUT2D eigenvalue weighted by molar-refractivity contribution is 5.87. The Morgan fingerprint density at radius 1 is 1.37 bits per heavy atom. The molecule has 1 heterocycles. The quantitative estimate of drug-likeness (QED) is 0.737. The molecule has 0 atom stereocenters. The van der Waals surface area contributed by atoms with Gasteiger partial charge in [-0.3, -0.25) is 0 Å². The van der Waals surface area contributed by atoms with Gasteiger partial charge in [0.1, 0.15) is 0 Å². The van der Waals surface area contributed by atoms with Gasteiger partial charge in [-0.1, -0.05) is 34.6 Å². The van der Waals surface area contributed by atoms with Crippen LogP contribution in [0.25, 0.3) is 0 Å². The van der Waals surface area contributed by atoms with Crippen LogP contribution in [0.15, 0.2) is 4.42 Å². The zero-order valence-electron chi connectivity index (χ0n) is 12.9. The monoisotopic (exact) mass is 267 g/mol. The van der Waals surface area contributed by atoms with Crippen LogP contribution in [0.5, 0.6) is 0 Å². The summed E-state index contributed by atoms with van der Waals surface area (Å²) in [4.78, 5) is 16.4. The summed E-state index contributed by atoms with van der Waals surface area (Å²) in [6, 6.07) is 0. The molecule has 0 fully saturated rings. The number of oxazole rings is 1. The lowest BCUT2D eigenvalue weighted by molar-refractivity contribution is 0.0484. The summed E-state index contributed by atoms with van der Waals surface area (Å²) in [5.74, 6) is 0.889. The van der Waals surface area contributed by atoms with Crippen LogP contribution in [0, 0.1) is 5.92 Å². The van der Waals surface area contributed by atoms with E-state index in [-0.39, 0.29) is 11.2 Å². The van der Waals surface area contributed by atoms with E-state index in [1.165, 1.54) is 0 Å². The van der Waals surface area contributed by atoms with Crippen LogP contribution in [0.2, 0.25) is 0 Å². The predicted molar refractivity (Wildman–Crippen MR) is 74.3 cm³/mol. The predicted octanol–water partition coefficient (Wildman–Crippen LogP) is 3.74. The number of hydrogen-bond donors (Lipinski definition) is 0. The molecular weight excluding hydrogens is 242 g/mol. The molecule has 4 nitrogen and oxygen atoms in total. The summed E-state index contributed by atoms with van der Waals surface area (Å²) in [6.45, 7) is 12.5. The second kappa shape index (κ2) is 6.22. The molecule has 19 heavy (non-hydrogen) atoms. The number of rotatable bonds is 6. The number of ether oxygens (including phenoxy) is 1. The van der Waals surface area contributed by atoms with Crippen molar-refractivity contribution in [3.05, 3.63) is 17.3 Å². The van der Waals surface area contributed by atoms with Crippen LogP contribution in [-0.2, 0) is 16.6 Å². The van der Waals surface area contributed by atoms with Gasteiger partial charge in [-0.2, -0.15) is 0 Å². The summed E-state index contributed by atoms with van der Waals surface area (Å²) in [6.07, 6.45) is 1.62. The lowest BCUT2D eigenvalue weighted by Crippen LogP contribution is -2.16. The minimum atomic E-state index is -0.413. The fourth-order valence-electron chi connectivity index (χ4n) is 1.67. The molecule has 0 bridgehead atoms. The van der Waals surface area contributed by atoms with E-state index in [4.69, 9.17) is 9.15 Å². The minimum Gasteiger partial charge on any atom is -0.460 e. The van der Waals surface area contributed by atoms with Crippen LogP contribution >= 0.6 is 0 Å². The lowest BCUT2D eigenvalue weighted by atomic mass is 9.90. The Labute approximate surface area is 115 Å². The maximum atomic E-state index is 11.9. The Balaban J connectivity index is 3.16. The Morgan fingerprint density at radius 3 is 2.47 bits per heavy atom. The maximum Gasteiger partial charge on any atom is 0.376 e. The molecular formula is C15H25NO3. The molecule has 0 aromatic carbocycles. The van der Waals surface area contributed by atoms with E-state index in [1.807, 2.05) is 0 Å². The van der Waals surface area contributed by atoms with Gasteiger partial charge in [0.25, 0.3) is 0 Å². The summed E-state index contributed by atoms with van der Waals surface area (Å²) in [7, 11) is 0. The molecule has 0 saturated carbocycles. The lowest BCUT2D eigenvalue weighted by Gasteiger charge is -2.17. The van der Waals surface area contributed by atoms with Crippen molar-refractivity contribution in [2.45, 2.75) is 59.8 Å². The molecule has 0 amide bonds. The SMILES string of the molecule is CCOC(=O)c1oc(C(C)(C)CC)nc1CC(C)C. The van der Waals surface area contributed by atoms with Crippen LogP contribution in [-0.4, -0.2) is 17.6 Å². The molecule has 0 unspecified atom stereocenters. The third-order valence-corrected chi connectivity index (χ3v) is 3.22. The minimum absolute atomic E-state index is 0.170. The number of aromatic nitrogens is 1. The average molecular weight is 267 g/mol. The van der Waals surface area contributed by atoms with Crippen LogP contribution in [0.1, 0.15) is 70.1 Å². The Morgan fingerprint density at radius 2 is 2.00 bits per heavy atom. The van der Waals surface area contributed by atoms with E-state index in [1.54, 1.807) is 6.92 Å². The standard InChI is InChI=1S/C15H25NO3/c1-7-15(5,6)14-16-11(9-10(3)4)12(19-14)13(17)18-8-2/h10H,7-9H2,1-6H3. The number of hydrogen-bond acceptors (Lipinski definition) is 4. The molecule has 1 aromatic heterocycles. The molecule has 4 heteroatoms. The van der Waals surface area contributed by atoms with Gasteiger partial charge < -0.3 is 9.15 Å². The second-order valence-corrected chi connectivity index (χ2v) is 5.85. The molecule has 0 aliphatic heterocycles. The fraction of sp³-hybridized carbons (Fsp3) is 0.733. The van der Waals surface area contributed by atoms with E-state index in [9.17, 15) is 4.79 Å². The summed E-state index contributed by atoms with van der Waals surface area (Å²) in [5.41, 5.74) is 0.543. The van der Waals surface area contributed by atoms with Crippen molar-refractivity contribution < 1.29 is 13.9 Å². The van der Waals surface area contributed by atoms with Crippen molar-refractivity contribution in [2.24, 2.45) is 5.92 Å². The Kier molecular flexibility index (Phi) is 5.15. The Hall–Kier alpha value is -1.32. The van der Waals surface area contributed by atoms with E-state index < -0.39 is 5.97 Å². The molecule has 0 saturated heterocycles. The normalized spacial score (nSPS) is 11.9. The van der Waals surface area contributed by atoms with Gasteiger partial charge in [0.2, 0.25) is 11.7 Å². The average Bonchev–Trinajstić information content (AvgIpc) is 2.73. The third kappa shape index (κ3) is 3.82. The summed E-state index contributed by atoms with van der Waals surface area (Å²) < 4.78 is 10.7. The van der Waals surface area contributed by atoms with Gasteiger partial charge in [0.15, 0.2) is 0 Å². The van der Waals surface area contributed by atoms with Crippen molar-refractivity contribution in [2.75, 3.05) is 6.61 Å². The van der Waals surface area contributed by atoms with Crippen molar-refractivity contribution >= 4 is 5.97 Å². The van der Waals surface area contributed by atoms with Gasteiger partial charge in [-0.05, 0) is 25.7 Å². The zero-order valence-corrected chi connectivity index (χ0v) is 12.9. The topological polar surface area (TPSA) is 52.3 Å². The van der Waals surface area contributed by atoms with E-state index >= 15 is 0 Å². The van der Waals surface area contributed by atoms with Crippen LogP contribution in [0.3, 0.4) is 0 Å². The number of esters is 1. The first-order chi connectivity index (χ1) is 8.81. The molecule has 0 N–H and O–H groups in total. The number of carbonyl (C=O) groups excluding carboxylic acids is 1. The molecule has 0 aliphatic rings. The highest BCUT2D eigenvalue weighted by atomic mass is 16.5. The maximum absolute atomic E-state index is 11.9. The van der Waals surface area contributed by atoms with E-state index in [0.717, 1.165) is 12.8 Å². The molecule has 108 valence electrons. The van der Waals surface area contributed by atoms with Gasteiger partial charge in [0, 0.05) is 5.41 Å². The third-order valence-electron chi connectivity index (χ3n) is 3.22. The first kappa shape index (κ1) is 15.7. The second-order valence-electron chi connectivity index (χ2n) is 5.85. The molecule has 0 spiro atoms.